The Labute approximate surface area is 102 Å². The first-order chi connectivity index (χ1) is 8.43. The molecule has 0 aliphatic heterocycles. The van der Waals surface area contributed by atoms with Gasteiger partial charge in [-0.05, 0) is 12.1 Å². The lowest BCUT2D eigenvalue weighted by Crippen LogP contribution is -2.05. The van der Waals surface area contributed by atoms with E-state index in [0.717, 1.165) is 17.8 Å². The minimum absolute atomic E-state index is 0.337. The van der Waals surface area contributed by atoms with Crippen LogP contribution in [0.5, 0.6) is 0 Å². The summed E-state index contributed by atoms with van der Waals surface area (Å²) >= 11 is 0. The summed E-state index contributed by atoms with van der Waals surface area (Å²) < 4.78 is 39.0. The van der Waals surface area contributed by atoms with E-state index in [1.165, 1.54) is 12.1 Å². The second-order valence-electron chi connectivity index (χ2n) is 3.91. The Kier molecular flexibility index (Phi) is 3.13. The van der Waals surface area contributed by atoms with E-state index in [1.54, 1.807) is 17.8 Å². The van der Waals surface area contributed by atoms with Crippen LogP contribution in [0.25, 0.3) is 11.4 Å². The predicted octanol–water partition coefficient (Wildman–Crippen LogP) is 2.56. The summed E-state index contributed by atoms with van der Waals surface area (Å²) in [5.41, 5.74) is 6.30. The third kappa shape index (κ3) is 2.24. The smallest absolute Gasteiger partial charge is 0.330 e. The van der Waals surface area contributed by atoms with E-state index >= 15 is 0 Å². The molecule has 0 spiro atoms. The highest BCUT2D eigenvalue weighted by molar-refractivity contribution is 5.56. The molecule has 0 saturated carbocycles. The van der Waals surface area contributed by atoms with Crippen molar-refractivity contribution >= 4 is 0 Å². The lowest BCUT2D eigenvalue weighted by Gasteiger charge is -2.08. The summed E-state index contributed by atoms with van der Waals surface area (Å²) in [7, 11) is 1.78. The lowest BCUT2D eigenvalue weighted by molar-refractivity contribution is -0.137. The van der Waals surface area contributed by atoms with Crippen molar-refractivity contribution in [3.8, 4) is 11.4 Å². The quantitative estimate of drug-likeness (QED) is 0.896. The molecule has 0 unspecified atom stereocenters. The van der Waals surface area contributed by atoms with Crippen molar-refractivity contribution in [2.45, 2.75) is 12.7 Å². The SMILES string of the molecule is Cn1c(CN)cnc1-c1ccc(C(F)(F)F)cc1. The fourth-order valence-electron chi connectivity index (χ4n) is 1.71. The highest BCUT2D eigenvalue weighted by Gasteiger charge is 2.30. The van der Waals surface area contributed by atoms with Crippen LogP contribution in [0.1, 0.15) is 11.3 Å². The second-order valence-corrected chi connectivity index (χ2v) is 3.91. The fraction of sp³-hybridized carbons (Fsp3) is 0.250. The van der Waals surface area contributed by atoms with Gasteiger partial charge in [0.1, 0.15) is 5.82 Å². The zero-order valence-electron chi connectivity index (χ0n) is 9.70. The third-order valence-corrected chi connectivity index (χ3v) is 2.76. The van der Waals surface area contributed by atoms with Crippen LogP contribution < -0.4 is 5.73 Å². The van der Waals surface area contributed by atoms with Gasteiger partial charge in [-0.1, -0.05) is 12.1 Å². The van der Waals surface area contributed by atoms with Crippen LogP contribution in [-0.4, -0.2) is 9.55 Å². The van der Waals surface area contributed by atoms with Crippen LogP contribution in [0.2, 0.25) is 0 Å². The van der Waals surface area contributed by atoms with Gasteiger partial charge < -0.3 is 10.3 Å². The maximum Gasteiger partial charge on any atom is 0.416 e. The van der Waals surface area contributed by atoms with Gasteiger partial charge in [0.15, 0.2) is 0 Å². The zero-order chi connectivity index (χ0) is 13.3. The van der Waals surface area contributed by atoms with Crippen LogP contribution in [0.3, 0.4) is 0 Å². The fourth-order valence-corrected chi connectivity index (χ4v) is 1.71. The van der Waals surface area contributed by atoms with Gasteiger partial charge >= 0.3 is 6.18 Å². The molecule has 2 N–H and O–H groups in total. The van der Waals surface area contributed by atoms with Crippen molar-refractivity contribution in [3.63, 3.8) is 0 Å². The Morgan fingerprint density at radius 3 is 2.28 bits per heavy atom. The second kappa shape index (κ2) is 4.45. The Morgan fingerprint density at radius 2 is 1.83 bits per heavy atom. The molecule has 1 aromatic heterocycles. The molecule has 0 bridgehead atoms. The number of hydrogen-bond donors (Lipinski definition) is 1. The topological polar surface area (TPSA) is 43.8 Å². The molecule has 18 heavy (non-hydrogen) atoms. The van der Waals surface area contributed by atoms with Crippen molar-refractivity contribution in [3.05, 3.63) is 41.7 Å². The van der Waals surface area contributed by atoms with Crippen LogP contribution >= 0.6 is 0 Å². The molecule has 0 aliphatic rings. The summed E-state index contributed by atoms with van der Waals surface area (Å²) in [5, 5.41) is 0. The molecule has 1 aromatic carbocycles. The van der Waals surface area contributed by atoms with Crippen LogP contribution in [0.15, 0.2) is 30.5 Å². The number of alkyl halides is 3. The molecule has 0 fully saturated rings. The van der Waals surface area contributed by atoms with E-state index in [9.17, 15) is 13.2 Å². The van der Waals surface area contributed by atoms with Gasteiger partial charge in [-0.3, -0.25) is 0 Å². The minimum Gasteiger partial charge on any atom is -0.330 e. The summed E-state index contributed by atoms with van der Waals surface area (Å²) in [5.74, 6) is 0.601. The highest BCUT2D eigenvalue weighted by atomic mass is 19.4. The van der Waals surface area contributed by atoms with Gasteiger partial charge in [-0.15, -0.1) is 0 Å². The van der Waals surface area contributed by atoms with Gasteiger partial charge in [0.05, 0.1) is 17.5 Å². The number of aromatic nitrogens is 2. The first-order valence-corrected chi connectivity index (χ1v) is 5.32. The van der Waals surface area contributed by atoms with E-state index in [1.807, 2.05) is 0 Å². The molecule has 2 aromatic rings. The molecule has 2 rings (SSSR count). The molecule has 3 nitrogen and oxygen atoms in total. The van der Waals surface area contributed by atoms with E-state index in [4.69, 9.17) is 5.73 Å². The van der Waals surface area contributed by atoms with E-state index in [2.05, 4.69) is 4.98 Å². The van der Waals surface area contributed by atoms with Gasteiger partial charge in [-0.2, -0.15) is 13.2 Å². The third-order valence-electron chi connectivity index (χ3n) is 2.76. The molecule has 0 atom stereocenters. The summed E-state index contributed by atoms with van der Waals surface area (Å²) in [6.07, 6.45) is -2.70. The van der Waals surface area contributed by atoms with Gasteiger partial charge in [0.25, 0.3) is 0 Å². The molecule has 6 heteroatoms. The minimum atomic E-state index is -4.32. The molecule has 0 aliphatic carbocycles. The number of rotatable bonds is 2. The molecule has 0 radical (unpaired) electrons. The number of nitrogens with two attached hydrogens (primary N) is 1. The van der Waals surface area contributed by atoms with Crippen molar-refractivity contribution in [1.82, 2.24) is 9.55 Å². The molecule has 0 amide bonds. The average molecular weight is 255 g/mol. The number of benzene rings is 1. The number of imidazole rings is 1. The van der Waals surface area contributed by atoms with Gasteiger partial charge in [-0.25, -0.2) is 4.98 Å². The maximum atomic E-state index is 12.4. The van der Waals surface area contributed by atoms with Crippen molar-refractivity contribution in [2.75, 3.05) is 0 Å². The predicted molar refractivity (Wildman–Crippen MR) is 61.5 cm³/mol. The van der Waals surface area contributed by atoms with E-state index in [-0.39, 0.29) is 0 Å². The molecule has 1 heterocycles. The zero-order valence-corrected chi connectivity index (χ0v) is 9.70. The van der Waals surface area contributed by atoms with Crippen molar-refractivity contribution in [1.29, 1.82) is 0 Å². The lowest BCUT2D eigenvalue weighted by atomic mass is 10.1. The largest absolute Gasteiger partial charge is 0.416 e. The first kappa shape index (κ1) is 12.6. The van der Waals surface area contributed by atoms with Crippen LogP contribution in [0.4, 0.5) is 13.2 Å². The van der Waals surface area contributed by atoms with Gasteiger partial charge in [0.2, 0.25) is 0 Å². The molecular weight excluding hydrogens is 243 g/mol. The van der Waals surface area contributed by atoms with Crippen molar-refractivity contribution < 1.29 is 13.2 Å². The van der Waals surface area contributed by atoms with Crippen LogP contribution in [0, 0.1) is 0 Å². The first-order valence-electron chi connectivity index (χ1n) is 5.32. The van der Waals surface area contributed by atoms with E-state index in [0.29, 0.717) is 17.9 Å². The Morgan fingerprint density at radius 1 is 1.22 bits per heavy atom. The number of nitrogens with zero attached hydrogens (tertiary/aromatic N) is 2. The Bertz CT molecular complexity index is 541. The molecular formula is C12H12F3N3. The van der Waals surface area contributed by atoms with E-state index < -0.39 is 11.7 Å². The number of halogens is 3. The normalized spacial score (nSPS) is 11.8. The number of hydrogen-bond acceptors (Lipinski definition) is 2. The average Bonchev–Trinajstić information content (AvgIpc) is 2.69. The van der Waals surface area contributed by atoms with Crippen molar-refractivity contribution in [2.24, 2.45) is 12.8 Å². The maximum absolute atomic E-state index is 12.4. The van der Waals surface area contributed by atoms with Gasteiger partial charge in [0, 0.05) is 19.2 Å². The Balaban J connectivity index is 2.37. The summed E-state index contributed by atoms with van der Waals surface area (Å²) in [6.45, 7) is 0.337. The monoisotopic (exact) mass is 255 g/mol. The standard InChI is InChI=1S/C12H12F3N3/c1-18-10(6-16)7-17-11(18)8-2-4-9(5-3-8)12(13,14)15/h2-5,7H,6,16H2,1H3. The summed E-state index contributed by atoms with van der Waals surface area (Å²) in [6, 6.07) is 4.91. The molecule has 0 saturated heterocycles. The highest BCUT2D eigenvalue weighted by Crippen LogP contribution is 2.30. The summed E-state index contributed by atoms with van der Waals surface area (Å²) in [4.78, 5) is 4.15. The van der Waals surface area contributed by atoms with Crippen LogP contribution in [-0.2, 0) is 19.8 Å². The Hall–Kier alpha value is -1.82. The molecule has 96 valence electrons.